The van der Waals surface area contributed by atoms with Crippen molar-refractivity contribution in [3.05, 3.63) is 11.6 Å². The van der Waals surface area contributed by atoms with E-state index in [0.29, 0.717) is 5.57 Å². The first-order valence-corrected chi connectivity index (χ1v) is 8.01. The third-order valence-corrected chi connectivity index (χ3v) is 6.27. The summed E-state index contributed by atoms with van der Waals surface area (Å²) in [4.78, 5) is 25.9. The van der Waals surface area contributed by atoms with Crippen LogP contribution in [0.2, 0.25) is 0 Å². The molecule has 0 fully saturated rings. The maximum Gasteiger partial charge on any atom is 0.407 e. The molecule has 0 aromatic heterocycles. The topological polar surface area (TPSA) is 115 Å². The first-order chi connectivity index (χ1) is 6.20. The zero-order valence-electron chi connectivity index (χ0n) is 7.70. The van der Waals surface area contributed by atoms with Crippen LogP contribution in [0.25, 0.3) is 0 Å². The van der Waals surface area contributed by atoms with Crippen molar-refractivity contribution in [2.75, 3.05) is 12.8 Å². The van der Waals surface area contributed by atoms with Crippen LogP contribution in [0.15, 0.2) is 11.6 Å². The van der Waals surface area contributed by atoms with Gasteiger partial charge in [0.15, 0.2) is 0 Å². The van der Waals surface area contributed by atoms with Gasteiger partial charge in [-0.3, -0.25) is 4.57 Å². The molecular formula is C6H14O6P2. The Bertz CT molecular complexity index is 303. The molecule has 1 atom stereocenters. The minimum atomic E-state index is -4.92. The maximum atomic E-state index is 11.0. The predicted molar refractivity (Wildman–Crippen MR) is 52.2 cm³/mol. The van der Waals surface area contributed by atoms with Gasteiger partial charge < -0.3 is 19.8 Å². The molecule has 0 rings (SSSR count). The van der Waals surface area contributed by atoms with Gasteiger partial charge >= 0.3 is 14.3 Å². The normalized spacial score (nSPS) is 17.9. The van der Waals surface area contributed by atoms with Crippen molar-refractivity contribution in [1.29, 1.82) is 0 Å². The Kier molecular flexibility index (Phi) is 5.23. The molecular weight excluding hydrogens is 230 g/mol. The average molecular weight is 244 g/mol. The fourth-order valence-corrected chi connectivity index (χ4v) is 2.53. The first kappa shape index (κ1) is 14.0. The monoisotopic (exact) mass is 244 g/mol. The summed E-state index contributed by atoms with van der Waals surface area (Å²) in [6.07, 6.45) is 1.05. The van der Waals surface area contributed by atoms with Crippen LogP contribution >= 0.6 is 14.3 Å². The minimum absolute atomic E-state index is 0.0608. The first-order valence-electron chi connectivity index (χ1n) is 3.85. The van der Waals surface area contributed by atoms with Crippen molar-refractivity contribution in [1.82, 2.24) is 0 Å². The van der Waals surface area contributed by atoms with Gasteiger partial charge in [0.1, 0.15) is 0 Å². The van der Waals surface area contributed by atoms with Crippen LogP contribution in [0.4, 0.5) is 0 Å². The smallest absolute Gasteiger partial charge is 0.392 e. The van der Waals surface area contributed by atoms with E-state index in [2.05, 4.69) is 0 Å². The molecule has 0 aliphatic heterocycles. The SMILES string of the molecule is CC(=CCCP(=O)(O)P(=O)(O)O)CO. The van der Waals surface area contributed by atoms with Gasteiger partial charge in [0.25, 0.3) is 0 Å². The van der Waals surface area contributed by atoms with Crippen molar-refractivity contribution < 1.29 is 28.9 Å². The lowest BCUT2D eigenvalue weighted by atomic mass is 10.3. The van der Waals surface area contributed by atoms with E-state index in [0.717, 1.165) is 0 Å². The third kappa shape index (κ3) is 4.51. The second kappa shape index (κ2) is 5.21. The molecule has 0 bridgehead atoms. The Morgan fingerprint density at radius 1 is 1.29 bits per heavy atom. The summed E-state index contributed by atoms with van der Waals surface area (Å²) in [7, 11) is -9.32. The van der Waals surface area contributed by atoms with Crippen LogP contribution in [-0.2, 0) is 9.13 Å². The molecule has 0 aromatic carbocycles. The zero-order chi connectivity index (χ0) is 11.4. The Hall–Kier alpha value is 0.0400. The number of hydrogen-bond donors (Lipinski definition) is 4. The molecule has 0 radical (unpaired) electrons. The van der Waals surface area contributed by atoms with Crippen molar-refractivity contribution in [2.45, 2.75) is 13.3 Å². The highest BCUT2D eigenvalue weighted by molar-refractivity contribution is 8.28. The van der Waals surface area contributed by atoms with Crippen molar-refractivity contribution in [3.63, 3.8) is 0 Å². The van der Waals surface area contributed by atoms with Crippen LogP contribution in [0.1, 0.15) is 13.3 Å². The summed E-state index contributed by atoms with van der Waals surface area (Å²) in [5, 5.41) is 8.57. The molecule has 0 aliphatic carbocycles. The molecule has 6 nitrogen and oxygen atoms in total. The Morgan fingerprint density at radius 2 is 1.79 bits per heavy atom. The highest BCUT2D eigenvalue weighted by Gasteiger charge is 2.38. The fraction of sp³-hybridized carbons (Fsp3) is 0.667. The second-order valence-electron chi connectivity index (χ2n) is 2.90. The van der Waals surface area contributed by atoms with E-state index in [4.69, 9.17) is 19.8 Å². The van der Waals surface area contributed by atoms with E-state index in [9.17, 15) is 9.13 Å². The number of rotatable bonds is 5. The highest BCUT2D eigenvalue weighted by Crippen LogP contribution is 2.74. The molecule has 4 N–H and O–H groups in total. The zero-order valence-corrected chi connectivity index (χ0v) is 9.49. The minimum Gasteiger partial charge on any atom is -0.392 e. The van der Waals surface area contributed by atoms with Crippen molar-refractivity contribution >= 4 is 14.3 Å². The van der Waals surface area contributed by atoms with Gasteiger partial charge in [-0.2, -0.15) is 0 Å². The molecule has 0 spiro atoms. The van der Waals surface area contributed by atoms with Gasteiger partial charge in [0.2, 0.25) is 0 Å². The van der Waals surface area contributed by atoms with Crippen LogP contribution in [0.5, 0.6) is 0 Å². The molecule has 0 saturated heterocycles. The third-order valence-electron chi connectivity index (χ3n) is 1.57. The van der Waals surface area contributed by atoms with Gasteiger partial charge in [-0.1, -0.05) is 11.6 Å². The Balaban J connectivity index is 4.29. The molecule has 14 heavy (non-hydrogen) atoms. The summed E-state index contributed by atoms with van der Waals surface area (Å²) in [5.74, 6) is 0. The average Bonchev–Trinajstić information content (AvgIpc) is 2.01. The molecule has 0 amide bonds. The Labute approximate surface area is 81.8 Å². The van der Waals surface area contributed by atoms with E-state index in [1.807, 2.05) is 0 Å². The molecule has 8 heteroatoms. The van der Waals surface area contributed by atoms with E-state index in [1.165, 1.54) is 6.08 Å². The molecule has 0 heterocycles. The van der Waals surface area contributed by atoms with Crippen LogP contribution in [0.3, 0.4) is 0 Å². The van der Waals surface area contributed by atoms with Gasteiger partial charge in [-0.15, -0.1) is 0 Å². The number of allylic oxidation sites excluding steroid dienone is 1. The predicted octanol–water partition coefficient (Wildman–Crippen LogP) is 0.678. The van der Waals surface area contributed by atoms with Crippen LogP contribution in [-0.4, -0.2) is 32.6 Å². The van der Waals surface area contributed by atoms with Gasteiger partial charge in [0, 0.05) is 6.16 Å². The lowest BCUT2D eigenvalue weighted by molar-refractivity contribution is 0.331. The van der Waals surface area contributed by atoms with E-state index >= 15 is 0 Å². The molecule has 0 aliphatic rings. The summed E-state index contributed by atoms with van der Waals surface area (Å²) >= 11 is 0. The molecule has 0 saturated carbocycles. The number of hydrogen-bond acceptors (Lipinski definition) is 3. The molecule has 0 aromatic rings. The summed E-state index contributed by atoms with van der Waals surface area (Å²) < 4.78 is 21.5. The Morgan fingerprint density at radius 3 is 2.14 bits per heavy atom. The van der Waals surface area contributed by atoms with Crippen molar-refractivity contribution in [3.8, 4) is 0 Å². The van der Waals surface area contributed by atoms with Crippen LogP contribution < -0.4 is 0 Å². The number of aliphatic hydroxyl groups excluding tert-OH is 1. The lowest BCUT2D eigenvalue weighted by Crippen LogP contribution is -1.91. The molecule has 1 unspecified atom stereocenters. The fourth-order valence-electron chi connectivity index (χ4n) is 0.674. The molecule has 84 valence electrons. The standard InChI is InChI=1S/C6H14O6P2/c1-6(5-7)3-2-4-13(8,9)14(10,11)12/h3,7H,2,4-5H2,1H3,(H,8,9)(H2,10,11,12). The summed E-state index contributed by atoms with van der Waals surface area (Å²) in [5.41, 5.74) is 0.593. The van der Waals surface area contributed by atoms with Crippen LogP contribution in [0, 0.1) is 0 Å². The maximum absolute atomic E-state index is 11.0. The number of aliphatic hydroxyl groups is 1. The quantitative estimate of drug-likeness (QED) is 0.417. The van der Waals surface area contributed by atoms with Gasteiger partial charge in [-0.05, 0) is 13.3 Å². The van der Waals surface area contributed by atoms with Crippen molar-refractivity contribution in [2.24, 2.45) is 0 Å². The largest absolute Gasteiger partial charge is 0.407 e. The van der Waals surface area contributed by atoms with Gasteiger partial charge in [0.05, 0.1) is 6.61 Å². The highest BCUT2D eigenvalue weighted by atomic mass is 32.1. The van der Waals surface area contributed by atoms with Gasteiger partial charge in [-0.25, -0.2) is 4.57 Å². The van der Waals surface area contributed by atoms with E-state index < -0.39 is 20.5 Å². The summed E-state index contributed by atoms with van der Waals surface area (Å²) in [6, 6.07) is 0. The second-order valence-corrected chi connectivity index (χ2v) is 9.14. The lowest BCUT2D eigenvalue weighted by Gasteiger charge is -2.11. The van der Waals surface area contributed by atoms with E-state index in [-0.39, 0.29) is 13.0 Å². The van der Waals surface area contributed by atoms with E-state index in [1.54, 1.807) is 6.92 Å². The summed E-state index contributed by atoms with van der Waals surface area (Å²) in [6.45, 7) is 1.44.